The molecular weight excluding hydrogens is 337 g/mol. The lowest BCUT2D eigenvalue weighted by atomic mass is 10.1. The summed E-state index contributed by atoms with van der Waals surface area (Å²) in [5.41, 5.74) is 2.19. The van der Waals surface area contributed by atoms with E-state index in [0.29, 0.717) is 16.8 Å². The predicted molar refractivity (Wildman–Crippen MR) is 80.8 cm³/mol. The Kier molecular flexibility index (Phi) is 3.37. The molecule has 0 bridgehead atoms. The fourth-order valence-electron chi connectivity index (χ4n) is 2.41. The molecule has 0 saturated carbocycles. The van der Waals surface area contributed by atoms with Crippen molar-refractivity contribution < 1.29 is 14.0 Å². The van der Waals surface area contributed by atoms with Crippen LogP contribution >= 0.6 is 15.9 Å². The van der Waals surface area contributed by atoms with Gasteiger partial charge in [-0.05, 0) is 37.3 Å². The van der Waals surface area contributed by atoms with Crippen molar-refractivity contribution in [3.63, 3.8) is 0 Å². The topological polar surface area (TPSA) is 37.4 Å². The van der Waals surface area contributed by atoms with Crippen LogP contribution in [0.15, 0.2) is 40.9 Å². The van der Waals surface area contributed by atoms with Crippen LogP contribution in [0.1, 0.15) is 21.5 Å². The molecule has 0 N–H and O–H groups in total. The van der Waals surface area contributed by atoms with Gasteiger partial charge in [-0.25, -0.2) is 4.39 Å². The molecule has 0 unspecified atom stereocenters. The second-order valence-electron chi connectivity index (χ2n) is 4.98. The van der Waals surface area contributed by atoms with Gasteiger partial charge in [0.2, 0.25) is 0 Å². The van der Waals surface area contributed by atoms with E-state index in [-0.39, 0.29) is 6.54 Å². The number of aryl methyl sites for hydroxylation is 1. The molecular formula is C16H11BrFNO2. The highest BCUT2D eigenvalue weighted by Crippen LogP contribution is 2.31. The first-order chi connectivity index (χ1) is 9.97. The Morgan fingerprint density at radius 1 is 1.14 bits per heavy atom. The maximum Gasteiger partial charge on any atom is 0.299 e. The molecule has 21 heavy (non-hydrogen) atoms. The summed E-state index contributed by atoms with van der Waals surface area (Å²) in [6.45, 7) is 1.89. The number of ketones is 1. The van der Waals surface area contributed by atoms with E-state index in [1.54, 1.807) is 24.3 Å². The molecule has 0 atom stereocenters. The van der Waals surface area contributed by atoms with Gasteiger partial charge in [0.05, 0.1) is 17.8 Å². The SMILES string of the molecule is Cc1ccc2c(c1)C(=O)C(=O)N2Cc1cc(Br)ccc1F. The zero-order valence-corrected chi connectivity index (χ0v) is 12.8. The summed E-state index contributed by atoms with van der Waals surface area (Å²) in [5.74, 6) is -1.56. The number of halogens is 2. The van der Waals surface area contributed by atoms with Gasteiger partial charge in [0.15, 0.2) is 0 Å². The van der Waals surface area contributed by atoms with Gasteiger partial charge in [0.25, 0.3) is 11.7 Å². The van der Waals surface area contributed by atoms with Gasteiger partial charge in [-0.3, -0.25) is 9.59 Å². The van der Waals surface area contributed by atoms with Gasteiger partial charge < -0.3 is 4.90 Å². The summed E-state index contributed by atoms with van der Waals surface area (Å²) in [4.78, 5) is 25.4. The first-order valence-electron chi connectivity index (χ1n) is 6.38. The number of Topliss-reactive ketones (excluding diaryl/α,β-unsaturated/α-hetero) is 1. The maximum absolute atomic E-state index is 13.8. The number of hydrogen-bond acceptors (Lipinski definition) is 2. The van der Waals surface area contributed by atoms with Gasteiger partial charge >= 0.3 is 0 Å². The molecule has 5 heteroatoms. The summed E-state index contributed by atoms with van der Waals surface area (Å²) in [6.07, 6.45) is 0. The lowest BCUT2D eigenvalue weighted by Gasteiger charge is -2.17. The number of benzene rings is 2. The highest BCUT2D eigenvalue weighted by atomic mass is 79.9. The van der Waals surface area contributed by atoms with Crippen LogP contribution in [-0.2, 0) is 11.3 Å². The number of amides is 1. The van der Waals surface area contributed by atoms with Gasteiger partial charge in [-0.15, -0.1) is 0 Å². The van der Waals surface area contributed by atoms with Crippen molar-refractivity contribution in [3.05, 3.63) is 63.4 Å². The highest BCUT2D eigenvalue weighted by molar-refractivity contribution is 9.10. The molecule has 0 spiro atoms. The summed E-state index contributed by atoms with van der Waals surface area (Å²) in [5, 5.41) is 0. The van der Waals surface area contributed by atoms with Crippen LogP contribution in [0.5, 0.6) is 0 Å². The first kappa shape index (κ1) is 13.9. The van der Waals surface area contributed by atoms with Gasteiger partial charge in [0, 0.05) is 10.0 Å². The van der Waals surface area contributed by atoms with Crippen LogP contribution in [0.3, 0.4) is 0 Å². The molecule has 0 aliphatic carbocycles. The minimum absolute atomic E-state index is 0.0336. The molecule has 3 nitrogen and oxygen atoms in total. The molecule has 3 rings (SSSR count). The lowest BCUT2D eigenvalue weighted by Crippen LogP contribution is -2.29. The molecule has 0 fully saturated rings. The third-order valence-corrected chi connectivity index (χ3v) is 3.96. The van der Waals surface area contributed by atoms with E-state index in [2.05, 4.69) is 15.9 Å². The van der Waals surface area contributed by atoms with Crippen LogP contribution < -0.4 is 4.90 Å². The van der Waals surface area contributed by atoms with E-state index in [1.807, 2.05) is 13.0 Å². The Morgan fingerprint density at radius 3 is 2.67 bits per heavy atom. The van der Waals surface area contributed by atoms with Crippen LogP contribution in [0, 0.1) is 12.7 Å². The molecule has 1 heterocycles. The third-order valence-electron chi connectivity index (χ3n) is 3.46. The molecule has 0 radical (unpaired) electrons. The molecule has 0 saturated heterocycles. The predicted octanol–water partition coefficient (Wildman–Crippen LogP) is 3.63. The Hall–Kier alpha value is -2.01. The molecule has 1 amide bonds. The molecule has 0 aromatic heterocycles. The molecule has 106 valence electrons. The van der Waals surface area contributed by atoms with Crippen molar-refractivity contribution in [2.24, 2.45) is 0 Å². The van der Waals surface area contributed by atoms with Gasteiger partial charge in [0.1, 0.15) is 5.82 Å². The van der Waals surface area contributed by atoms with E-state index in [9.17, 15) is 14.0 Å². The number of carbonyl (C=O) groups is 2. The average molecular weight is 348 g/mol. The molecule has 2 aromatic carbocycles. The van der Waals surface area contributed by atoms with Crippen molar-refractivity contribution >= 4 is 33.3 Å². The fraction of sp³-hybridized carbons (Fsp3) is 0.125. The smallest absolute Gasteiger partial charge is 0.299 e. The summed E-state index contributed by atoms with van der Waals surface area (Å²) >= 11 is 3.28. The third kappa shape index (κ3) is 2.38. The highest BCUT2D eigenvalue weighted by Gasteiger charge is 2.36. The van der Waals surface area contributed by atoms with E-state index < -0.39 is 17.5 Å². The van der Waals surface area contributed by atoms with Gasteiger partial charge in [-0.1, -0.05) is 27.6 Å². The van der Waals surface area contributed by atoms with Crippen molar-refractivity contribution in [2.45, 2.75) is 13.5 Å². The monoisotopic (exact) mass is 347 g/mol. The van der Waals surface area contributed by atoms with Crippen molar-refractivity contribution in [2.75, 3.05) is 4.90 Å². The van der Waals surface area contributed by atoms with Crippen molar-refractivity contribution in [3.8, 4) is 0 Å². The van der Waals surface area contributed by atoms with Crippen LogP contribution in [0.25, 0.3) is 0 Å². The minimum Gasteiger partial charge on any atom is -0.300 e. The fourth-order valence-corrected chi connectivity index (χ4v) is 2.81. The summed E-state index contributed by atoms with van der Waals surface area (Å²) in [7, 11) is 0. The maximum atomic E-state index is 13.8. The summed E-state index contributed by atoms with van der Waals surface area (Å²) < 4.78 is 14.6. The quantitative estimate of drug-likeness (QED) is 0.778. The summed E-state index contributed by atoms with van der Waals surface area (Å²) in [6, 6.07) is 9.77. The normalized spacial score (nSPS) is 13.8. The second kappa shape index (κ2) is 5.07. The largest absolute Gasteiger partial charge is 0.300 e. The molecule has 1 aliphatic rings. The number of rotatable bonds is 2. The van der Waals surface area contributed by atoms with Crippen LogP contribution in [0.2, 0.25) is 0 Å². The number of nitrogens with zero attached hydrogens (tertiary/aromatic N) is 1. The Morgan fingerprint density at radius 2 is 1.90 bits per heavy atom. The zero-order chi connectivity index (χ0) is 15.1. The molecule has 2 aromatic rings. The zero-order valence-electron chi connectivity index (χ0n) is 11.2. The van der Waals surface area contributed by atoms with Gasteiger partial charge in [-0.2, -0.15) is 0 Å². The minimum atomic E-state index is -0.616. The lowest BCUT2D eigenvalue weighted by molar-refractivity contribution is -0.114. The van der Waals surface area contributed by atoms with Crippen molar-refractivity contribution in [1.82, 2.24) is 0 Å². The Labute approximate surface area is 129 Å². The molecule has 1 aliphatic heterocycles. The standard InChI is InChI=1S/C16H11BrFNO2/c1-9-2-5-14-12(6-9)15(20)16(21)19(14)8-10-7-11(17)3-4-13(10)18/h2-7H,8H2,1H3. The number of hydrogen-bond donors (Lipinski definition) is 0. The Balaban J connectivity index is 2.02. The van der Waals surface area contributed by atoms with Crippen LogP contribution in [-0.4, -0.2) is 11.7 Å². The second-order valence-corrected chi connectivity index (χ2v) is 5.89. The van der Waals surface area contributed by atoms with E-state index in [4.69, 9.17) is 0 Å². The number of anilines is 1. The van der Waals surface area contributed by atoms with E-state index >= 15 is 0 Å². The first-order valence-corrected chi connectivity index (χ1v) is 7.17. The van der Waals surface area contributed by atoms with Crippen LogP contribution in [0.4, 0.5) is 10.1 Å². The number of carbonyl (C=O) groups excluding carboxylic acids is 2. The van der Waals surface area contributed by atoms with E-state index in [1.165, 1.54) is 11.0 Å². The van der Waals surface area contributed by atoms with Crippen molar-refractivity contribution in [1.29, 1.82) is 0 Å². The average Bonchev–Trinajstić information content (AvgIpc) is 2.68. The number of fused-ring (bicyclic) bond motifs is 1. The Bertz CT molecular complexity index is 773. The van der Waals surface area contributed by atoms with E-state index in [0.717, 1.165) is 10.0 Å².